The van der Waals surface area contributed by atoms with E-state index in [0.717, 1.165) is 6.26 Å². The summed E-state index contributed by atoms with van der Waals surface area (Å²) in [4.78, 5) is 15.8. The lowest BCUT2D eigenvalue weighted by atomic mass is 10.2. The first-order chi connectivity index (χ1) is 7.64. The van der Waals surface area contributed by atoms with Crippen molar-refractivity contribution in [1.29, 1.82) is 0 Å². The van der Waals surface area contributed by atoms with Crippen molar-refractivity contribution in [3.05, 3.63) is 22.9 Å². The molecule has 5 nitrogen and oxygen atoms in total. The third kappa shape index (κ3) is 3.26. The molecule has 0 bridgehead atoms. The predicted octanol–water partition coefficient (Wildman–Crippen LogP) is 1.61. The molecule has 94 valence electrons. The Morgan fingerprint density at radius 2 is 2.00 bits per heavy atom. The Labute approximate surface area is 109 Å². The van der Waals surface area contributed by atoms with E-state index in [0.29, 0.717) is 10.3 Å². The van der Waals surface area contributed by atoms with Crippen LogP contribution >= 0.6 is 15.9 Å². The maximum Gasteiger partial charge on any atom is 0.245 e. The first-order valence-corrected chi connectivity index (χ1v) is 7.45. The molecule has 17 heavy (non-hydrogen) atoms. The van der Waals surface area contributed by atoms with Gasteiger partial charge in [-0.15, -0.1) is 0 Å². The Kier molecular flexibility index (Phi) is 3.93. The second kappa shape index (κ2) is 4.73. The van der Waals surface area contributed by atoms with Crippen LogP contribution in [0.3, 0.4) is 0 Å². The molecule has 1 aromatic rings. The van der Waals surface area contributed by atoms with E-state index < -0.39 is 20.5 Å². The van der Waals surface area contributed by atoms with Crippen LogP contribution in [0, 0.1) is 0 Å². The second-order valence-corrected chi connectivity index (χ2v) is 7.48. The van der Waals surface area contributed by atoms with Gasteiger partial charge in [0.2, 0.25) is 5.91 Å². The molecule has 0 saturated heterocycles. The zero-order chi connectivity index (χ0) is 13.3. The van der Waals surface area contributed by atoms with Crippen LogP contribution in [0.4, 0.5) is 5.69 Å². The maximum atomic E-state index is 11.8. The van der Waals surface area contributed by atoms with Crippen molar-refractivity contribution in [1.82, 2.24) is 4.98 Å². The maximum absolute atomic E-state index is 11.8. The number of hydrogen-bond acceptors (Lipinski definition) is 4. The summed E-state index contributed by atoms with van der Waals surface area (Å²) >= 11 is 3.16. The lowest BCUT2D eigenvalue weighted by molar-refractivity contribution is -0.117. The number of carbonyl (C=O) groups is 1. The number of nitrogens with zero attached hydrogens (tertiary/aromatic N) is 1. The van der Waals surface area contributed by atoms with E-state index in [9.17, 15) is 13.2 Å². The molecule has 0 unspecified atom stereocenters. The van der Waals surface area contributed by atoms with Gasteiger partial charge in [-0.2, -0.15) is 0 Å². The van der Waals surface area contributed by atoms with Crippen molar-refractivity contribution in [2.24, 2.45) is 0 Å². The smallest absolute Gasteiger partial charge is 0.245 e. The molecule has 0 aliphatic heterocycles. The molecule has 0 saturated carbocycles. The Bertz CT molecular complexity index is 523. The van der Waals surface area contributed by atoms with Crippen LogP contribution in [0.15, 0.2) is 22.9 Å². The summed E-state index contributed by atoms with van der Waals surface area (Å²) in [6.07, 6.45) is 2.48. The molecule has 1 aromatic heterocycles. The number of anilines is 1. The molecule has 1 N–H and O–H groups in total. The summed E-state index contributed by atoms with van der Waals surface area (Å²) in [6.45, 7) is 2.73. The van der Waals surface area contributed by atoms with Gasteiger partial charge in [-0.3, -0.25) is 4.79 Å². The summed E-state index contributed by atoms with van der Waals surface area (Å²) in [5.41, 5.74) is 0.454. The second-order valence-electron chi connectivity index (χ2n) is 4.11. The third-order valence-electron chi connectivity index (χ3n) is 2.46. The number of carbonyl (C=O) groups excluding carboxylic acids is 1. The van der Waals surface area contributed by atoms with Crippen molar-refractivity contribution in [3.63, 3.8) is 0 Å². The SMILES string of the molecule is CC(C)(C(=O)Nc1ccc(Br)nc1)S(C)(=O)=O. The molecule has 1 amide bonds. The number of sulfone groups is 1. The number of hydrogen-bond donors (Lipinski definition) is 1. The normalized spacial score (nSPS) is 12.2. The van der Waals surface area contributed by atoms with Crippen molar-refractivity contribution >= 4 is 37.4 Å². The fourth-order valence-electron chi connectivity index (χ4n) is 0.900. The van der Waals surface area contributed by atoms with E-state index in [1.165, 1.54) is 20.0 Å². The first-order valence-electron chi connectivity index (χ1n) is 4.77. The van der Waals surface area contributed by atoms with Crippen LogP contribution in [0.25, 0.3) is 0 Å². The zero-order valence-electron chi connectivity index (χ0n) is 9.69. The molecule has 0 fully saturated rings. The molecule has 1 heterocycles. The van der Waals surface area contributed by atoms with Crippen LogP contribution in [0.1, 0.15) is 13.8 Å². The number of aromatic nitrogens is 1. The molecule has 7 heteroatoms. The van der Waals surface area contributed by atoms with E-state index >= 15 is 0 Å². The first kappa shape index (κ1) is 14.1. The average Bonchev–Trinajstić information content (AvgIpc) is 2.19. The monoisotopic (exact) mass is 320 g/mol. The molecule has 1 rings (SSSR count). The van der Waals surface area contributed by atoms with Gasteiger partial charge in [-0.25, -0.2) is 13.4 Å². The predicted molar refractivity (Wildman–Crippen MR) is 69.5 cm³/mol. The zero-order valence-corrected chi connectivity index (χ0v) is 12.1. The van der Waals surface area contributed by atoms with Gasteiger partial charge in [0, 0.05) is 6.26 Å². The molecule has 0 aliphatic carbocycles. The highest BCUT2D eigenvalue weighted by molar-refractivity contribution is 9.10. The Morgan fingerprint density at radius 1 is 1.41 bits per heavy atom. The highest BCUT2D eigenvalue weighted by Gasteiger charge is 2.38. The van der Waals surface area contributed by atoms with E-state index in [1.807, 2.05) is 0 Å². The number of amides is 1. The van der Waals surface area contributed by atoms with E-state index in [2.05, 4.69) is 26.2 Å². The molecule has 0 aromatic carbocycles. The molecular weight excluding hydrogens is 308 g/mol. The number of halogens is 1. The van der Waals surface area contributed by atoms with Crippen molar-refractivity contribution in [2.75, 3.05) is 11.6 Å². The van der Waals surface area contributed by atoms with Crippen LogP contribution in [-0.2, 0) is 14.6 Å². The number of pyridine rings is 1. The van der Waals surface area contributed by atoms with Gasteiger partial charge in [0.15, 0.2) is 9.84 Å². The number of rotatable bonds is 3. The summed E-state index contributed by atoms with van der Waals surface area (Å²) in [7, 11) is -3.47. The highest BCUT2D eigenvalue weighted by Crippen LogP contribution is 2.18. The van der Waals surface area contributed by atoms with Gasteiger partial charge in [0.25, 0.3) is 0 Å². The topological polar surface area (TPSA) is 76.1 Å². The quantitative estimate of drug-likeness (QED) is 0.858. The summed E-state index contributed by atoms with van der Waals surface area (Å²) in [5, 5.41) is 2.51. The van der Waals surface area contributed by atoms with Gasteiger partial charge in [0.05, 0.1) is 11.9 Å². The van der Waals surface area contributed by atoms with Crippen molar-refractivity contribution < 1.29 is 13.2 Å². The fourth-order valence-corrected chi connectivity index (χ4v) is 1.52. The van der Waals surface area contributed by atoms with E-state index in [1.54, 1.807) is 12.1 Å². The van der Waals surface area contributed by atoms with Gasteiger partial charge >= 0.3 is 0 Å². The Morgan fingerprint density at radius 3 is 2.41 bits per heavy atom. The van der Waals surface area contributed by atoms with Crippen molar-refractivity contribution in [2.45, 2.75) is 18.6 Å². The molecule has 0 aliphatic rings. The van der Waals surface area contributed by atoms with Crippen LogP contribution in [-0.4, -0.2) is 30.3 Å². The van der Waals surface area contributed by atoms with Crippen LogP contribution < -0.4 is 5.32 Å². The van der Waals surface area contributed by atoms with Crippen LogP contribution in [0.2, 0.25) is 0 Å². The molecule has 0 atom stereocenters. The van der Waals surface area contributed by atoms with Gasteiger partial charge < -0.3 is 5.32 Å². The summed E-state index contributed by atoms with van der Waals surface area (Å²) in [6, 6.07) is 3.29. The minimum absolute atomic E-state index is 0.454. The van der Waals surface area contributed by atoms with E-state index in [4.69, 9.17) is 0 Å². The van der Waals surface area contributed by atoms with Gasteiger partial charge in [-0.1, -0.05) is 0 Å². The minimum atomic E-state index is -3.47. The number of nitrogens with one attached hydrogen (secondary N) is 1. The summed E-state index contributed by atoms with van der Waals surface area (Å²) < 4.78 is 22.1. The Hall–Kier alpha value is -0.950. The summed E-state index contributed by atoms with van der Waals surface area (Å²) in [5.74, 6) is -0.580. The van der Waals surface area contributed by atoms with Crippen LogP contribution in [0.5, 0.6) is 0 Å². The third-order valence-corrected chi connectivity index (χ3v) is 4.97. The Balaban J connectivity index is 2.90. The molecule has 0 radical (unpaired) electrons. The molecular formula is C10H13BrN2O3S. The van der Waals surface area contributed by atoms with Gasteiger partial charge in [0.1, 0.15) is 9.35 Å². The minimum Gasteiger partial charge on any atom is -0.323 e. The lowest BCUT2D eigenvalue weighted by Gasteiger charge is -2.21. The van der Waals surface area contributed by atoms with Gasteiger partial charge in [-0.05, 0) is 41.9 Å². The molecule has 0 spiro atoms. The average molecular weight is 321 g/mol. The fraction of sp³-hybridized carbons (Fsp3) is 0.400. The highest BCUT2D eigenvalue weighted by atomic mass is 79.9. The standard InChI is InChI=1S/C10H13BrN2O3S/c1-10(2,17(3,15)16)9(14)13-7-4-5-8(11)12-6-7/h4-6H,1-3H3,(H,13,14). The largest absolute Gasteiger partial charge is 0.323 e. The van der Waals surface area contributed by atoms with Crippen molar-refractivity contribution in [3.8, 4) is 0 Å². The lowest BCUT2D eigenvalue weighted by Crippen LogP contribution is -2.43. The van der Waals surface area contributed by atoms with E-state index in [-0.39, 0.29) is 0 Å².